The topological polar surface area (TPSA) is 97.8 Å². The zero-order valence-corrected chi connectivity index (χ0v) is 19.7. The van der Waals surface area contributed by atoms with Crippen molar-refractivity contribution in [3.05, 3.63) is 77.7 Å². The minimum atomic E-state index is -2.10. The number of carbonyl (C=O) groups is 1. The Labute approximate surface area is 205 Å². The summed E-state index contributed by atoms with van der Waals surface area (Å²) in [5, 5.41) is 2.63. The average Bonchev–Trinajstić information content (AvgIpc) is 3.78. The molecule has 0 aliphatic heterocycles. The maximum absolute atomic E-state index is 14.3. The van der Waals surface area contributed by atoms with E-state index in [-0.39, 0.29) is 6.61 Å². The van der Waals surface area contributed by atoms with Crippen LogP contribution in [0.4, 0.5) is 4.39 Å². The molecule has 0 radical (unpaired) electrons. The van der Waals surface area contributed by atoms with E-state index in [1.165, 1.54) is 25.0 Å². The Hall–Kier alpha value is -3.30. The van der Waals surface area contributed by atoms with Gasteiger partial charge in [-0.05, 0) is 73.1 Å². The van der Waals surface area contributed by atoms with Crippen molar-refractivity contribution >= 4 is 17.0 Å². The summed E-state index contributed by atoms with van der Waals surface area (Å²) in [6.07, 6.45) is 5.04. The number of benzene rings is 2. The lowest BCUT2D eigenvalue weighted by Gasteiger charge is -2.13. The SMILES string of the molecule is O=C(NC1(S(=O)O)CC1)c1ccc(COc2cc(F)cc(-c3ccc(OCC4CC4)nc3)c2)cc1. The highest BCUT2D eigenvalue weighted by atomic mass is 32.2. The van der Waals surface area contributed by atoms with Crippen LogP contribution in [0, 0.1) is 11.7 Å². The van der Waals surface area contributed by atoms with Gasteiger partial charge in [0.05, 0.1) is 6.61 Å². The fraction of sp³-hybridized carbons (Fsp3) is 0.308. The number of hydrogen-bond acceptors (Lipinski definition) is 5. The Morgan fingerprint density at radius 2 is 1.86 bits per heavy atom. The van der Waals surface area contributed by atoms with Gasteiger partial charge in [-0.25, -0.2) is 13.6 Å². The number of amides is 1. The largest absolute Gasteiger partial charge is 0.489 e. The molecule has 2 aliphatic carbocycles. The van der Waals surface area contributed by atoms with Crippen molar-refractivity contribution in [3.8, 4) is 22.8 Å². The predicted molar refractivity (Wildman–Crippen MR) is 129 cm³/mol. The monoisotopic (exact) mass is 496 g/mol. The summed E-state index contributed by atoms with van der Waals surface area (Å²) in [7, 11) is 0. The van der Waals surface area contributed by atoms with Crippen molar-refractivity contribution in [2.24, 2.45) is 5.92 Å². The normalized spacial score (nSPS) is 16.9. The lowest BCUT2D eigenvalue weighted by atomic mass is 10.1. The molecule has 1 unspecified atom stereocenters. The predicted octanol–water partition coefficient (Wildman–Crippen LogP) is 4.70. The molecule has 0 saturated heterocycles. The molecule has 1 aromatic heterocycles. The molecule has 2 aromatic carbocycles. The van der Waals surface area contributed by atoms with Crippen molar-refractivity contribution in [1.82, 2.24) is 10.3 Å². The molecule has 5 rings (SSSR count). The maximum atomic E-state index is 14.3. The molecule has 9 heteroatoms. The number of nitrogens with one attached hydrogen (secondary N) is 1. The summed E-state index contributed by atoms with van der Waals surface area (Å²) < 4.78 is 46.4. The lowest BCUT2D eigenvalue weighted by Crippen LogP contribution is -2.39. The van der Waals surface area contributed by atoms with E-state index >= 15 is 0 Å². The Morgan fingerprint density at radius 3 is 2.49 bits per heavy atom. The highest BCUT2D eigenvalue weighted by molar-refractivity contribution is 7.81. The highest BCUT2D eigenvalue weighted by Gasteiger charge is 2.50. The first-order valence-corrected chi connectivity index (χ1v) is 12.6. The number of carbonyl (C=O) groups excluding carboxylic acids is 1. The maximum Gasteiger partial charge on any atom is 0.252 e. The molecular formula is C26H25FN2O5S. The van der Waals surface area contributed by atoms with Crippen LogP contribution in [-0.2, 0) is 17.7 Å². The van der Waals surface area contributed by atoms with Crippen LogP contribution >= 0.6 is 0 Å². The van der Waals surface area contributed by atoms with Crippen molar-refractivity contribution in [1.29, 1.82) is 0 Å². The fourth-order valence-corrected chi connectivity index (χ4v) is 4.22. The Kier molecular flexibility index (Phi) is 6.53. The Morgan fingerprint density at radius 1 is 1.09 bits per heavy atom. The number of hydrogen-bond donors (Lipinski definition) is 2. The fourth-order valence-electron chi connectivity index (χ4n) is 3.59. The van der Waals surface area contributed by atoms with Crippen LogP contribution in [0.3, 0.4) is 0 Å². The van der Waals surface area contributed by atoms with Gasteiger partial charge in [-0.15, -0.1) is 0 Å². The van der Waals surface area contributed by atoms with Crippen LogP contribution in [0.15, 0.2) is 60.8 Å². The van der Waals surface area contributed by atoms with Crippen LogP contribution in [0.25, 0.3) is 11.1 Å². The van der Waals surface area contributed by atoms with Gasteiger partial charge in [-0.1, -0.05) is 12.1 Å². The molecule has 2 N–H and O–H groups in total. The quantitative estimate of drug-likeness (QED) is 0.395. The third kappa shape index (κ3) is 5.86. The van der Waals surface area contributed by atoms with Crippen LogP contribution in [0.2, 0.25) is 0 Å². The molecule has 2 aliphatic rings. The molecular weight excluding hydrogens is 471 g/mol. The van der Waals surface area contributed by atoms with E-state index in [1.54, 1.807) is 42.6 Å². The van der Waals surface area contributed by atoms with Gasteiger partial charge >= 0.3 is 0 Å². The second-order valence-corrected chi connectivity index (χ2v) is 10.3. The van der Waals surface area contributed by atoms with Gasteiger partial charge in [0.25, 0.3) is 5.91 Å². The van der Waals surface area contributed by atoms with Gasteiger partial charge in [-0.2, -0.15) is 0 Å². The summed E-state index contributed by atoms with van der Waals surface area (Å²) in [5.74, 6) is 0.749. The molecule has 2 fully saturated rings. The standard InChI is InChI=1S/C26H25FN2O5S/c27-22-11-21(20-7-8-24(28-14-20)34-16-17-1-2-17)12-23(13-22)33-15-18-3-5-19(6-4-18)25(30)29-26(9-10-26)35(31)32/h3-8,11-14,17H,1-2,9-10,15-16H2,(H,29,30)(H,31,32). The summed E-state index contributed by atoms with van der Waals surface area (Å²) >= 11 is -2.10. The number of halogens is 1. The second kappa shape index (κ2) is 9.75. The Balaban J connectivity index is 1.20. The number of ether oxygens (including phenoxy) is 2. The lowest BCUT2D eigenvalue weighted by molar-refractivity contribution is 0.0944. The Bertz CT molecular complexity index is 1240. The highest BCUT2D eigenvalue weighted by Crippen LogP contribution is 2.38. The average molecular weight is 497 g/mol. The van der Waals surface area contributed by atoms with E-state index in [9.17, 15) is 17.9 Å². The van der Waals surface area contributed by atoms with E-state index < -0.39 is 27.7 Å². The van der Waals surface area contributed by atoms with E-state index in [0.717, 1.165) is 11.1 Å². The third-order valence-corrected chi connectivity index (χ3v) is 7.28. The van der Waals surface area contributed by atoms with Crippen molar-refractivity contribution in [2.45, 2.75) is 37.2 Å². The summed E-state index contributed by atoms with van der Waals surface area (Å²) in [5.41, 5.74) is 2.57. The number of aromatic nitrogens is 1. The van der Waals surface area contributed by atoms with Crippen LogP contribution < -0.4 is 14.8 Å². The molecule has 1 atom stereocenters. The summed E-state index contributed by atoms with van der Waals surface area (Å²) in [4.78, 5) is 15.6. The van der Waals surface area contributed by atoms with E-state index in [2.05, 4.69) is 10.3 Å². The molecule has 1 amide bonds. The van der Waals surface area contributed by atoms with Gasteiger partial charge in [0, 0.05) is 29.5 Å². The summed E-state index contributed by atoms with van der Waals surface area (Å²) in [6, 6.07) is 14.8. The molecule has 0 spiro atoms. The summed E-state index contributed by atoms with van der Waals surface area (Å²) in [6.45, 7) is 0.863. The second-order valence-electron chi connectivity index (χ2n) is 9.00. The molecule has 7 nitrogen and oxygen atoms in total. The molecule has 2 saturated carbocycles. The van der Waals surface area contributed by atoms with Crippen molar-refractivity contribution in [3.63, 3.8) is 0 Å². The molecule has 182 valence electrons. The third-order valence-electron chi connectivity index (χ3n) is 6.11. The van der Waals surface area contributed by atoms with Crippen molar-refractivity contribution in [2.75, 3.05) is 6.61 Å². The van der Waals surface area contributed by atoms with Crippen LogP contribution in [-0.4, -0.2) is 31.1 Å². The zero-order valence-electron chi connectivity index (χ0n) is 18.9. The van der Waals surface area contributed by atoms with Gasteiger partial charge in [0.1, 0.15) is 23.0 Å². The van der Waals surface area contributed by atoms with Gasteiger partial charge in [0.15, 0.2) is 11.1 Å². The number of rotatable bonds is 10. The van der Waals surface area contributed by atoms with Crippen LogP contribution in [0.1, 0.15) is 41.6 Å². The minimum absolute atomic E-state index is 0.182. The van der Waals surface area contributed by atoms with E-state index in [0.29, 0.717) is 48.1 Å². The van der Waals surface area contributed by atoms with Gasteiger partial charge in [-0.3, -0.25) is 4.79 Å². The number of nitrogens with zero attached hydrogens (tertiary/aromatic N) is 1. The van der Waals surface area contributed by atoms with Gasteiger partial charge < -0.3 is 19.3 Å². The first-order chi connectivity index (χ1) is 16.9. The van der Waals surface area contributed by atoms with Crippen molar-refractivity contribution < 1.29 is 27.4 Å². The number of pyridine rings is 1. The van der Waals surface area contributed by atoms with Gasteiger partial charge in [0.2, 0.25) is 5.88 Å². The molecule has 3 aromatic rings. The molecule has 1 heterocycles. The zero-order chi connectivity index (χ0) is 24.4. The molecule has 35 heavy (non-hydrogen) atoms. The first kappa shape index (κ1) is 23.4. The minimum Gasteiger partial charge on any atom is -0.489 e. The molecule has 0 bridgehead atoms. The van der Waals surface area contributed by atoms with E-state index in [4.69, 9.17) is 9.47 Å². The van der Waals surface area contributed by atoms with E-state index in [1.807, 2.05) is 6.07 Å². The first-order valence-electron chi connectivity index (χ1n) is 11.5. The van der Waals surface area contributed by atoms with Crippen LogP contribution in [0.5, 0.6) is 11.6 Å². The smallest absolute Gasteiger partial charge is 0.252 e.